The molecule has 0 radical (unpaired) electrons. The van der Waals surface area contributed by atoms with Crippen molar-refractivity contribution in [3.8, 4) is 0 Å². The van der Waals surface area contributed by atoms with Gasteiger partial charge in [-0.25, -0.2) is 0 Å². The third-order valence-electron chi connectivity index (χ3n) is 2.77. The molecule has 1 atom stereocenters. The lowest BCUT2D eigenvalue weighted by atomic mass is 9.85. The predicted molar refractivity (Wildman–Crippen MR) is 66.5 cm³/mol. The number of esters is 1. The molecule has 0 amide bonds. The van der Waals surface area contributed by atoms with Gasteiger partial charge in [0, 0.05) is 12.7 Å². The highest BCUT2D eigenvalue weighted by molar-refractivity contribution is 5.78. The molecule has 4 heteroatoms. The Morgan fingerprint density at radius 3 is 2.82 bits per heavy atom. The predicted octanol–water partition coefficient (Wildman–Crippen LogP) is 2.20. The van der Waals surface area contributed by atoms with Crippen LogP contribution < -0.4 is 0 Å². The van der Waals surface area contributed by atoms with Crippen LogP contribution in [0.4, 0.5) is 0 Å². The Kier molecular flexibility index (Phi) is 4.49. The number of nitrogens with zero attached hydrogens (tertiary/aromatic N) is 2. The third kappa shape index (κ3) is 3.19. The summed E-state index contributed by atoms with van der Waals surface area (Å²) in [4.78, 5) is 11.9. The fourth-order valence-electron chi connectivity index (χ4n) is 1.62. The Labute approximate surface area is 102 Å². The minimum atomic E-state index is -0.683. The van der Waals surface area contributed by atoms with E-state index >= 15 is 0 Å². The van der Waals surface area contributed by atoms with Gasteiger partial charge in [-0.15, -0.1) is 6.58 Å². The van der Waals surface area contributed by atoms with Crippen LogP contribution >= 0.6 is 0 Å². The van der Waals surface area contributed by atoms with Crippen molar-refractivity contribution in [2.75, 3.05) is 6.61 Å². The van der Waals surface area contributed by atoms with E-state index in [1.54, 1.807) is 19.2 Å². The quantitative estimate of drug-likeness (QED) is 0.562. The van der Waals surface area contributed by atoms with E-state index in [9.17, 15) is 4.79 Å². The molecule has 0 N–H and O–H groups in total. The van der Waals surface area contributed by atoms with Crippen molar-refractivity contribution in [2.45, 2.75) is 33.7 Å². The number of aryl methyl sites for hydroxylation is 1. The zero-order chi connectivity index (χ0) is 12.9. The van der Waals surface area contributed by atoms with Crippen molar-refractivity contribution in [3.05, 3.63) is 30.6 Å². The molecule has 1 unspecified atom stereocenters. The fraction of sp³-hybridized carbons (Fsp3) is 0.538. The van der Waals surface area contributed by atoms with E-state index in [0.717, 1.165) is 12.1 Å². The highest BCUT2D eigenvalue weighted by Gasteiger charge is 2.32. The average molecular weight is 236 g/mol. The van der Waals surface area contributed by atoms with Gasteiger partial charge in [-0.2, -0.15) is 5.10 Å². The van der Waals surface area contributed by atoms with Gasteiger partial charge < -0.3 is 4.74 Å². The van der Waals surface area contributed by atoms with Crippen LogP contribution in [0.25, 0.3) is 0 Å². The van der Waals surface area contributed by atoms with E-state index < -0.39 is 5.41 Å². The number of aromatic nitrogens is 2. The van der Waals surface area contributed by atoms with Crippen molar-refractivity contribution in [2.24, 2.45) is 5.41 Å². The second kappa shape index (κ2) is 5.66. The van der Waals surface area contributed by atoms with Crippen molar-refractivity contribution in [1.29, 1.82) is 0 Å². The lowest BCUT2D eigenvalue weighted by Crippen LogP contribution is -2.30. The maximum atomic E-state index is 11.9. The molecule has 0 bridgehead atoms. The first kappa shape index (κ1) is 13.5. The molecule has 0 aromatic carbocycles. The zero-order valence-corrected chi connectivity index (χ0v) is 10.8. The summed E-state index contributed by atoms with van der Waals surface area (Å²) in [5.41, 5.74) is 0.333. The summed E-state index contributed by atoms with van der Waals surface area (Å²) in [5.74, 6) is -0.237. The highest BCUT2D eigenvalue weighted by Crippen LogP contribution is 2.25. The van der Waals surface area contributed by atoms with Crippen LogP contribution in [0.3, 0.4) is 0 Å². The van der Waals surface area contributed by atoms with Crippen molar-refractivity contribution in [1.82, 2.24) is 9.78 Å². The first-order chi connectivity index (χ1) is 8.05. The summed E-state index contributed by atoms with van der Waals surface area (Å²) in [6.07, 6.45) is 5.94. The van der Waals surface area contributed by atoms with Gasteiger partial charge in [0.2, 0.25) is 0 Å². The van der Waals surface area contributed by atoms with Gasteiger partial charge in [0.25, 0.3) is 0 Å². The first-order valence-corrected chi connectivity index (χ1v) is 5.88. The lowest BCUT2D eigenvalue weighted by molar-refractivity contribution is -0.151. The SMILES string of the molecule is C=CC(C)(Cc1cnn(CC)c1)C(=O)OCC. The second-order valence-electron chi connectivity index (χ2n) is 4.22. The molecule has 0 aliphatic heterocycles. The van der Waals surface area contributed by atoms with Gasteiger partial charge in [-0.05, 0) is 32.8 Å². The molecule has 0 aliphatic carbocycles. The minimum Gasteiger partial charge on any atom is -0.465 e. The summed E-state index contributed by atoms with van der Waals surface area (Å²) in [7, 11) is 0. The van der Waals surface area contributed by atoms with Crippen LogP contribution in [0, 0.1) is 5.41 Å². The van der Waals surface area contributed by atoms with Gasteiger partial charge in [-0.1, -0.05) is 6.08 Å². The summed E-state index contributed by atoms with van der Waals surface area (Å²) in [6.45, 7) is 10.6. The number of carbonyl (C=O) groups is 1. The van der Waals surface area contributed by atoms with E-state index in [-0.39, 0.29) is 5.97 Å². The van der Waals surface area contributed by atoms with Crippen LogP contribution in [0.15, 0.2) is 25.0 Å². The van der Waals surface area contributed by atoms with Gasteiger partial charge in [0.15, 0.2) is 0 Å². The Balaban J connectivity index is 2.81. The van der Waals surface area contributed by atoms with E-state index in [2.05, 4.69) is 11.7 Å². The van der Waals surface area contributed by atoms with Crippen molar-refractivity contribution >= 4 is 5.97 Å². The molecule has 0 spiro atoms. The molecule has 0 saturated carbocycles. The van der Waals surface area contributed by atoms with E-state index in [1.165, 1.54) is 0 Å². The fourth-order valence-corrected chi connectivity index (χ4v) is 1.62. The van der Waals surface area contributed by atoms with Gasteiger partial charge in [0.1, 0.15) is 0 Å². The van der Waals surface area contributed by atoms with Crippen LogP contribution in [-0.2, 0) is 22.5 Å². The molecule has 94 valence electrons. The maximum absolute atomic E-state index is 11.9. The molecular formula is C13H20N2O2. The summed E-state index contributed by atoms with van der Waals surface area (Å²) in [6, 6.07) is 0. The first-order valence-electron chi connectivity index (χ1n) is 5.88. The van der Waals surface area contributed by atoms with E-state index in [0.29, 0.717) is 13.0 Å². The molecule has 0 saturated heterocycles. The van der Waals surface area contributed by atoms with Crippen LogP contribution in [0.1, 0.15) is 26.3 Å². The van der Waals surface area contributed by atoms with Gasteiger partial charge >= 0.3 is 5.97 Å². The zero-order valence-electron chi connectivity index (χ0n) is 10.8. The second-order valence-corrected chi connectivity index (χ2v) is 4.22. The molecule has 17 heavy (non-hydrogen) atoms. The smallest absolute Gasteiger partial charge is 0.315 e. The van der Waals surface area contributed by atoms with Crippen LogP contribution in [-0.4, -0.2) is 22.4 Å². The monoisotopic (exact) mass is 236 g/mol. The van der Waals surface area contributed by atoms with Gasteiger partial charge in [-0.3, -0.25) is 9.48 Å². The number of rotatable bonds is 6. The third-order valence-corrected chi connectivity index (χ3v) is 2.77. The molecule has 4 nitrogen and oxygen atoms in total. The lowest BCUT2D eigenvalue weighted by Gasteiger charge is -2.22. The highest BCUT2D eigenvalue weighted by atomic mass is 16.5. The Morgan fingerprint density at radius 1 is 1.65 bits per heavy atom. The molecule has 1 heterocycles. The minimum absolute atomic E-state index is 0.237. The number of hydrogen-bond acceptors (Lipinski definition) is 3. The van der Waals surface area contributed by atoms with Crippen molar-refractivity contribution < 1.29 is 9.53 Å². The van der Waals surface area contributed by atoms with Gasteiger partial charge in [0.05, 0.1) is 18.2 Å². The van der Waals surface area contributed by atoms with Crippen molar-refractivity contribution in [3.63, 3.8) is 0 Å². The largest absolute Gasteiger partial charge is 0.465 e. The normalized spacial score (nSPS) is 14.1. The average Bonchev–Trinajstić information content (AvgIpc) is 2.76. The Morgan fingerprint density at radius 2 is 2.35 bits per heavy atom. The number of ether oxygens (including phenoxy) is 1. The number of hydrogen-bond donors (Lipinski definition) is 0. The topological polar surface area (TPSA) is 44.1 Å². The summed E-state index contributed by atoms with van der Waals surface area (Å²) < 4.78 is 6.90. The maximum Gasteiger partial charge on any atom is 0.315 e. The molecule has 1 rings (SSSR count). The Bertz CT molecular complexity index is 398. The van der Waals surface area contributed by atoms with Crippen LogP contribution in [0.5, 0.6) is 0 Å². The number of carbonyl (C=O) groups excluding carboxylic acids is 1. The summed E-state index contributed by atoms with van der Waals surface area (Å²) in [5, 5.41) is 4.19. The molecule has 1 aromatic rings. The van der Waals surface area contributed by atoms with Crippen LogP contribution in [0.2, 0.25) is 0 Å². The Hall–Kier alpha value is -1.58. The molecular weight excluding hydrogens is 216 g/mol. The summed E-state index contributed by atoms with van der Waals surface area (Å²) >= 11 is 0. The van der Waals surface area contributed by atoms with E-state index in [4.69, 9.17) is 4.74 Å². The molecule has 1 aromatic heterocycles. The molecule has 0 fully saturated rings. The van der Waals surface area contributed by atoms with E-state index in [1.807, 2.05) is 24.7 Å². The standard InChI is InChI=1S/C13H20N2O2/c1-5-13(4,12(16)17-7-3)8-11-9-14-15(6-2)10-11/h5,9-10H,1,6-8H2,2-4H3. The molecule has 0 aliphatic rings.